The smallest absolute Gasteiger partial charge is 0.312 e. The number of likely N-dealkylation sites (tertiary alicyclic amines) is 2. The average Bonchev–Trinajstić information content (AvgIpc) is 3.74. The van der Waals surface area contributed by atoms with Gasteiger partial charge < -0.3 is 34.5 Å². The van der Waals surface area contributed by atoms with E-state index in [1.54, 1.807) is 26.2 Å². The molecule has 4 aliphatic rings. The maximum absolute atomic E-state index is 14.9. The molecule has 10 rings (SSSR count). The van der Waals surface area contributed by atoms with Gasteiger partial charge in [0.2, 0.25) is 5.82 Å². The number of ether oxygens (including phenoxy) is 3. The van der Waals surface area contributed by atoms with E-state index < -0.39 is 42.9 Å². The van der Waals surface area contributed by atoms with Crippen molar-refractivity contribution in [2.45, 2.75) is 87.8 Å². The lowest BCUT2D eigenvalue weighted by Gasteiger charge is -2.64. The fourth-order valence-electron chi connectivity index (χ4n) is 11.6. The van der Waals surface area contributed by atoms with E-state index in [-0.39, 0.29) is 51.1 Å². The van der Waals surface area contributed by atoms with Crippen LogP contribution in [-0.4, -0.2) is 121 Å². The lowest BCUT2D eigenvalue weighted by Crippen LogP contribution is -2.74. The number of aromatic amines is 1. The Balaban J connectivity index is 0.866. The van der Waals surface area contributed by atoms with Crippen LogP contribution in [0.15, 0.2) is 96.2 Å². The molecular weight excluding hydrogens is 982 g/mol. The minimum atomic E-state index is -4.74. The molecule has 4 fully saturated rings. The van der Waals surface area contributed by atoms with Gasteiger partial charge in [-0.15, -0.1) is 0 Å². The number of nitrogens with zero attached hydrogens (tertiary/aromatic N) is 6. The zero-order valence-electron chi connectivity index (χ0n) is 42.8. The van der Waals surface area contributed by atoms with Gasteiger partial charge in [0, 0.05) is 99.8 Å². The van der Waals surface area contributed by atoms with Crippen LogP contribution in [0.2, 0.25) is 0 Å². The number of aliphatic hydroxyl groups is 1. The molecule has 396 valence electrons. The van der Waals surface area contributed by atoms with E-state index in [4.69, 9.17) is 14.2 Å². The Hall–Kier alpha value is -6.87. The Morgan fingerprint density at radius 3 is 2.44 bits per heavy atom. The molecule has 2 unspecified atom stereocenters. The third-order valence-corrected chi connectivity index (χ3v) is 17.0. The first-order valence-electron chi connectivity index (χ1n) is 25.5. The molecule has 20 heteroatoms. The Morgan fingerprint density at radius 2 is 1.73 bits per heavy atom. The standard InChI is InChI=1S/C55H64FN9O9S/c1-34(2)40-8-6-7-9-41(40)44-29-62(28-36-10-13-38(72-4)14-11-36)21-18-46(44)64-32-55(33-64)30-63(31-55)37-12-15-42(48(22-37)74-49-24-43-45(56)27-59-50(43)60-53(49)73-5)52(66)61-75(70,71)39-23-47(65(68)69)51(58-26-39)57-25-35-16-19-54(3,67)20-17-35/h6-15,22-24,26-27,34-35,44,46,67H,16-21,25,28-33H2,1-5H3,(H,57,58)(H,59,60)(H,61,66). The zero-order chi connectivity index (χ0) is 52.8. The van der Waals surface area contributed by atoms with Crippen LogP contribution in [0.25, 0.3) is 11.0 Å². The molecular formula is C55H64FN9O9S. The van der Waals surface area contributed by atoms with E-state index in [0.29, 0.717) is 55.8 Å². The lowest BCUT2D eigenvalue weighted by atomic mass is 9.69. The monoisotopic (exact) mass is 1050 g/mol. The Morgan fingerprint density at radius 1 is 0.987 bits per heavy atom. The van der Waals surface area contributed by atoms with Gasteiger partial charge in [0.05, 0.1) is 41.9 Å². The van der Waals surface area contributed by atoms with Crippen LogP contribution >= 0.6 is 0 Å². The van der Waals surface area contributed by atoms with Gasteiger partial charge in [-0.25, -0.2) is 22.5 Å². The number of anilines is 2. The predicted octanol–water partition coefficient (Wildman–Crippen LogP) is 8.59. The molecule has 1 spiro atoms. The highest BCUT2D eigenvalue weighted by atomic mass is 32.2. The quantitative estimate of drug-likeness (QED) is 0.0497. The molecule has 1 amide bonds. The molecule has 18 nitrogen and oxygen atoms in total. The van der Waals surface area contributed by atoms with Crippen molar-refractivity contribution in [1.82, 2.24) is 29.5 Å². The highest BCUT2D eigenvalue weighted by molar-refractivity contribution is 7.90. The van der Waals surface area contributed by atoms with Crippen molar-refractivity contribution >= 4 is 44.2 Å². The lowest BCUT2D eigenvalue weighted by molar-refractivity contribution is -0.384. The second kappa shape index (κ2) is 20.7. The number of halogens is 1. The van der Waals surface area contributed by atoms with Crippen molar-refractivity contribution in [3.63, 3.8) is 0 Å². The van der Waals surface area contributed by atoms with E-state index in [0.717, 1.165) is 76.4 Å². The van der Waals surface area contributed by atoms with Gasteiger partial charge in [0.25, 0.3) is 21.8 Å². The van der Waals surface area contributed by atoms with E-state index in [2.05, 4.69) is 89.9 Å². The summed E-state index contributed by atoms with van der Waals surface area (Å²) in [6, 6.07) is 24.6. The van der Waals surface area contributed by atoms with Crippen LogP contribution in [0.4, 0.5) is 21.6 Å². The number of carbonyl (C=O) groups excluding carboxylic acids is 1. The fraction of sp³-hybridized carbons (Fsp3) is 0.436. The van der Waals surface area contributed by atoms with Crippen molar-refractivity contribution in [2.24, 2.45) is 11.3 Å². The normalized spacial score (nSPS) is 21.9. The van der Waals surface area contributed by atoms with Crippen LogP contribution in [0.5, 0.6) is 23.1 Å². The number of hydrogen-bond donors (Lipinski definition) is 4. The number of nitro groups is 1. The molecule has 0 radical (unpaired) electrons. The first-order valence-corrected chi connectivity index (χ1v) is 27.0. The minimum Gasteiger partial charge on any atom is -0.497 e. The third kappa shape index (κ3) is 10.8. The van der Waals surface area contributed by atoms with E-state index in [1.165, 1.54) is 35.9 Å². The molecule has 6 heterocycles. The van der Waals surface area contributed by atoms with Gasteiger partial charge in [0.15, 0.2) is 5.75 Å². The predicted molar refractivity (Wildman–Crippen MR) is 282 cm³/mol. The summed E-state index contributed by atoms with van der Waals surface area (Å²) < 4.78 is 61.9. The topological polar surface area (TPSA) is 218 Å². The minimum absolute atomic E-state index is 0.0190. The number of pyridine rings is 2. The SMILES string of the molecule is COc1ccc(CN2CCC(N3CC4(CN(c5ccc(C(=O)NS(=O)(=O)c6cnc(NCC7CCC(C)(O)CC7)c([N+](=O)[O-])c6)c(Oc6cc7c(F)c[nH]c7nc6OC)c5)C4)C3)C(c3ccccc3C(C)C)C2)cc1. The number of benzene rings is 3. The number of H-pyrrole nitrogens is 1. The second-order valence-electron chi connectivity index (χ2n) is 21.5. The Kier molecular flexibility index (Phi) is 14.2. The molecule has 1 aliphatic carbocycles. The number of fused-ring (bicyclic) bond motifs is 1. The number of hydrogen-bond acceptors (Lipinski definition) is 15. The van der Waals surface area contributed by atoms with Gasteiger partial charge in [-0.05, 0) is 91.8 Å². The van der Waals surface area contributed by atoms with Crippen molar-refractivity contribution in [1.29, 1.82) is 0 Å². The van der Waals surface area contributed by atoms with Crippen LogP contribution in [-0.2, 0) is 16.6 Å². The maximum atomic E-state index is 14.9. The Labute approximate surface area is 435 Å². The van der Waals surface area contributed by atoms with Gasteiger partial charge in [-0.3, -0.25) is 24.7 Å². The highest BCUT2D eigenvalue weighted by Gasteiger charge is 2.55. The number of carbonyl (C=O) groups is 1. The summed E-state index contributed by atoms with van der Waals surface area (Å²) in [6.45, 7) is 12.8. The molecule has 3 saturated heterocycles. The van der Waals surface area contributed by atoms with Crippen molar-refractivity contribution < 1.29 is 41.8 Å². The van der Waals surface area contributed by atoms with E-state index in [9.17, 15) is 32.8 Å². The van der Waals surface area contributed by atoms with Gasteiger partial charge in [0.1, 0.15) is 27.9 Å². The summed E-state index contributed by atoms with van der Waals surface area (Å²) in [5.74, 6) is -0.238. The largest absolute Gasteiger partial charge is 0.497 e. The summed E-state index contributed by atoms with van der Waals surface area (Å²) in [6.07, 6.45) is 5.73. The maximum Gasteiger partial charge on any atom is 0.312 e. The fourth-order valence-corrected chi connectivity index (χ4v) is 12.5. The Bertz CT molecular complexity index is 3200. The first-order chi connectivity index (χ1) is 35.9. The number of sulfonamides is 1. The second-order valence-corrected chi connectivity index (χ2v) is 23.1. The molecule has 6 aromatic rings. The van der Waals surface area contributed by atoms with Crippen LogP contribution in [0, 0.1) is 27.3 Å². The third-order valence-electron chi connectivity index (χ3n) is 15.7. The highest BCUT2D eigenvalue weighted by Crippen LogP contribution is 2.48. The van der Waals surface area contributed by atoms with Crippen molar-refractivity contribution in [3.05, 3.63) is 129 Å². The van der Waals surface area contributed by atoms with Gasteiger partial charge in [-0.1, -0.05) is 50.2 Å². The molecule has 3 aromatic heterocycles. The summed E-state index contributed by atoms with van der Waals surface area (Å²) in [5, 5.41) is 25.6. The molecule has 3 aliphatic heterocycles. The number of rotatable bonds is 17. The zero-order valence-corrected chi connectivity index (χ0v) is 43.7. The summed E-state index contributed by atoms with van der Waals surface area (Å²) in [5.41, 5.74) is 3.48. The van der Waals surface area contributed by atoms with Crippen molar-refractivity contribution in [2.75, 3.05) is 70.2 Å². The van der Waals surface area contributed by atoms with Crippen LogP contribution < -0.4 is 29.1 Å². The number of aromatic nitrogens is 3. The summed E-state index contributed by atoms with van der Waals surface area (Å²) >= 11 is 0. The molecule has 2 atom stereocenters. The summed E-state index contributed by atoms with van der Waals surface area (Å²) in [7, 11) is -1.69. The van der Waals surface area contributed by atoms with Crippen LogP contribution in [0.1, 0.15) is 91.8 Å². The first kappa shape index (κ1) is 51.6. The number of amides is 1. The average molecular weight is 1050 g/mol. The van der Waals surface area contributed by atoms with Gasteiger partial charge in [-0.2, -0.15) is 4.98 Å². The molecule has 1 saturated carbocycles. The van der Waals surface area contributed by atoms with Crippen molar-refractivity contribution in [3.8, 4) is 23.1 Å². The number of piperidine rings is 1. The molecule has 75 heavy (non-hydrogen) atoms. The van der Waals surface area contributed by atoms with E-state index >= 15 is 0 Å². The van der Waals surface area contributed by atoms with Crippen LogP contribution in [0.3, 0.4) is 0 Å². The summed E-state index contributed by atoms with van der Waals surface area (Å²) in [4.78, 5) is 43.7. The molecule has 4 N–H and O–H groups in total. The molecule has 3 aromatic carbocycles. The van der Waals surface area contributed by atoms with Gasteiger partial charge >= 0.3 is 5.69 Å². The molecule has 0 bridgehead atoms. The van der Waals surface area contributed by atoms with E-state index in [1.807, 2.05) is 12.1 Å². The number of methoxy groups -OCH3 is 2. The number of nitrogens with one attached hydrogen (secondary N) is 3.